The monoisotopic (exact) mass is 555 g/mol. The van der Waals surface area contributed by atoms with Crippen molar-refractivity contribution in [3.63, 3.8) is 0 Å². The molecule has 6 nitrogen and oxygen atoms in total. The minimum absolute atomic E-state index is 0.0980. The molecule has 41 heavy (non-hydrogen) atoms. The Morgan fingerprint density at radius 3 is 2.59 bits per heavy atom. The van der Waals surface area contributed by atoms with Gasteiger partial charge in [-0.25, -0.2) is 0 Å². The number of phenols is 1. The average Bonchev–Trinajstić information content (AvgIpc) is 2.92. The van der Waals surface area contributed by atoms with E-state index in [0.29, 0.717) is 37.3 Å². The van der Waals surface area contributed by atoms with Gasteiger partial charge in [0.1, 0.15) is 12.3 Å². The van der Waals surface area contributed by atoms with E-state index in [0.717, 1.165) is 46.9 Å². The number of benzene rings is 3. The Morgan fingerprint density at radius 1 is 1.10 bits per heavy atom. The molecule has 1 heterocycles. The van der Waals surface area contributed by atoms with Crippen LogP contribution in [0.4, 0.5) is 0 Å². The van der Waals surface area contributed by atoms with E-state index in [1.54, 1.807) is 6.07 Å². The highest BCUT2D eigenvalue weighted by Crippen LogP contribution is 2.55. The van der Waals surface area contributed by atoms with Gasteiger partial charge < -0.3 is 19.6 Å². The van der Waals surface area contributed by atoms with Gasteiger partial charge in [-0.2, -0.15) is 0 Å². The summed E-state index contributed by atoms with van der Waals surface area (Å²) >= 11 is 0. The summed E-state index contributed by atoms with van der Waals surface area (Å²) in [5.41, 5.74) is 0.266. The predicted octanol–water partition coefficient (Wildman–Crippen LogP) is 6.13. The fourth-order valence-corrected chi connectivity index (χ4v) is 7.91. The third-order valence-electron chi connectivity index (χ3n) is 9.32. The van der Waals surface area contributed by atoms with E-state index in [2.05, 4.69) is 25.7 Å². The van der Waals surface area contributed by atoms with Gasteiger partial charge in [0.15, 0.2) is 5.60 Å². The molecule has 2 aliphatic rings. The molecule has 5 rings (SSSR count). The smallest absolute Gasteiger partial charge is 0.303 e. The van der Waals surface area contributed by atoms with Crippen molar-refractivity contribution in [1.82, 2.24) is 5.32 Å². The summed E-state index contributed by atoms with van der Waals surface area (Å²) in [6, 6.07) is 21.1. The number of nitrogens with one attached hydrogen (secondary N) is 1. The number of likely N-dealkylation sites (tertiary alicyclic amines) is 1. The van der Waals surface area contributed by atoms with Crippen molar-refractivity contribution in [2.45, 2.75) is 63.5 Å². The van der Waals surface area contributed by atoms with Crippen molar-refractivity contribution in [2.24, 2.45) is 5.92 Å². The van der Waals surface area contributed by atoms with Crippen molar-refractivity contribution in [2.75, 3.05) is 26.2 Å². The van der Waals surface area contributed by atoms with Crippen LogP contribution in [0, 0.1) is 5.92 Å². The Kier molecular flexibility index (Phi) is 7.97. The van der Waals surface area contributed by atoms with E-state index in [1.807, 2.05) is 66.7 Å². The molecule has 1 aliphatic heterocycles. The number of rotatable bonds is 8. The van der Waals surface area contributed by atoms with Crippen LogP contribution in [0.2, 0.25) is 0 Å². The number of ether oxygens (including phenoxy) is 1. The Morgan fingerprint density at radius 2 is 1.88 bits per heavy atom. The van der Waals surface area contributed by atoms with Crippen LogP contribution >= 0.6 is 0 Å². The second kappa shape index (κ2) is 11.3. The quantitative estimate of drug-likeness (QED) is 0.199. The zero-order valence-electron chi connectivity index (χ0n) is 24.6. The number of carbonyl (C=O) groups excluding carboxylic acids is 2. The molecule has 6 heteroatoms. The first kappa shape index (κ1) is 28.9. The first-order valence-electron chi connectivity index (χ1n) is 14.8. The molecule has 0 bridgehead atoms. The molecule has 3 aromatic rings. The summed E-state index contributed by atoms with van der Waals surface area (Å²) in [6.07, 6.45) is 4.70. The van der Waals surface area contributed by atoms with E-state index in [4.69, 9.17) is 4.74 Å². The molecular weight excluding hydrogens is 512 g/mol. The third kappa shape index (κ3) is 5.62. The molecule has 4 atom stereocenters. The largest absolute Gasteiger partial charge is 0.508 e. The number of phenolic OH excluding ortho intramolecular Hbond substituents is 1. The Labute approximate surface area is 243 Å². The maximum Gasteiger partial charge on any atom is 0.303 e. The molecule has 0 radical (unpaired) electrons. The molecule has 1 amide bonds. The molecule has 3 aromatic carbocycles. The van der Waals surface area contributed by atoms with Gasteiger partial charge in [-0.3, -0.25) is 9.59 Å². The van der Waals surface area contributed by atoms with Crippen molar-refractivity contribution >= 4 is 22.6 Å². The summed E-state index contributed by atoms with van der Waals surface area (Å²) in [5, 5.41) is 16.0. The lowest BCUT2D eigenvalue weighted by molar-refractivity contribution is -0.938. The summed E-state index contributed by atoms with van der Waals surface area (Å²) < 4.78 is 7.28. The van der Waals surface area contributed by atoms with E-state index < -0.39 is 11.0 Å². The maximum atomic E-state index is 13.5. The Balaban J connectivity index is 1.53. The summed E-state index contributed by atoms with van der Waals surface area (Å²) in [5.74, 6) is 0.265. The van der Waals surface area contributed by atoms with Gasteiger partial charge in [-0.1, -0.05) is 62.9 Å². The lowest BCUT2D eigenvalue weighted by Gasteiger charge is -2.61. The van der Waals surface area contributed by atoms with Crippen molar-refractivity contribution < 1.29 is 23.9 Å². The van der Waals surface area contributed by atoms with Crippen LogP contribution in [0.15, 0.2) is 79.4 Å². The average molecular weight is 556 g/mol. The molecular formula is C35H43N2O4+. The molecule has 2 fully saturated rings. The number of amides is 1. The zero-order valence-corrected chi connectivity index (χ0v) is 24.6. The zero-order chi connectivity index (χ0) is 29.3. The number of nitrogens with zero attached hydrogens (tertiary/aromatic N) is 1. The number of hydrogen-bond donors (Lipinski definition) is 2. The number of piperidine rings is 1. The summed E-state index contributed by atoms with van der Waals surface area (Å²) in [7, 11) is 0. The number of fused-ring (bicyclic) bond motifs is 2. The molecule has 0 spiro atoms. The van der Waals surface area contributed by atoms with Crippen molar-refractivity contribution in [3.05, 3.63) is 90.5 Å². The van der Waals surface area contributed by atoms with Crippen LogP contribution in [-0.4, -0.2) is 59.3 Å². The van der Waals surface area contributed by atoms with Gasteiger partial charge in [-0.15, -0.1) is 0 Å². The van der Waals surface area contributed by atoms with Crippen LogP contribution in [0.3, 0.4) is 0 Å². The minimum Gasteiger partial charge on any atom is -0.508 e. The molecule has 1 saturated heterocycles. The van der Waals surface area contributed by atoms with E-state index in [1.165, 1.54) is 6.92 Å². The number of carbonyl (C=O) groups is 2. The van der Waals surface area contributed by atoms with Gasteiger partial charge in [-0.05, 0) is 65.9 Å². The van der Waals surface area contributed by atoms with Gasteiger partial charge in [0.05, 0.1) is 19.6 Å². The Bertz CT molecular complexity index is 1450. The van der Waals surface area contributed by atoms with Crippen LogP contribution in [0.25, 0.3) is 10.8 Å². The van der Waals surface area contributed by atoms with E-state index >= 15 is 0 Å². The predicted molar refractivity (Wildman–Crippen MR) is 163 cm³/mol. The Hall–Kier alpha value is -3.64. The highest BCUT2D eigenvalue weighted by Gasteiger charge is 2.65. The lowest BCUT2D eigenvalue weighted by Crippen LogP contribution is -2.74. The minimum atomic E-state index is -0.771. The third-order valence-corrected chi connectivity index (χ3v) is 9.32. The number of aromatic hydroxyl groups is 1. The van der Waals surface area contributed by atoms with Gasteiger partial charge >= 0.3 is 5.97 Å². The summed E-state index contributed by atoms with van der Waals surface area (Å²) in [4.78, 5) is 26.3. The second-order valence-electron chi connectivity index (χ2n) is 12.7. The van der Waals surface area contributed by atoms with Gasteiger partial charge in [0, 0.05) is 36.3 Å². The fraction of sp³-hybridized carbons (Fsp3) is 0.429. The topological polar surface area (TPSA) is 75.6 Å². The molecule has 1 aliphatic carbocycles. The van der Waals surface area contributed by atoms with Crippen molar-refractivity contribution in [1.29, 1.82) is 0 Å². The molecule has 216 valence electrons. The standard InChI is InChI=1S/C35H42N2O4/c1-5-18-37(23-25(2)3)19-17-34(30-11-8-12-32(39)21-30)22-31(15-16-35(34,24-37)41-26(4)38)36-33(40)29-14-13-27-9-6-7-10-28(27)20-29/h5-14,20-21,25,31H,1,15-19,22-24H2,2-4H3,(H-,36,39,40)/p+1/t31-,34+,35?,37-/m0/s1. The fourth-order valence-electron chi connectivity index (χ4n) is 7.91. The maximum absolute atomic E-state index is 13.5. The van der Waals surface area contributed by atoms with Gasteiger partial charge in [0.2, 0.25) is 0 Å². The number of quaternary nitrogens is 1. The first-order chi connectivity index (χ1) is 19.6. The molecule has 1 saturated carbocycles. The van der Waals surface area contributed by atoms with Crippen LogP contribution in [-0.2, 0) is 14.9 Å². The first-order valence-corrected chi connectivity index (χ1v) is 14.8. The normalized spacial score (nSPS) is 27.7. The number of esters is 1. The highest BCUT2D eigenvalue weighted by molar-refractivity contribution is 5.98. The van der Waals surface area contributed by atoms with E-state index in [-0.39, 0.29) is 23.7 Å². The van der Waals surface area contributed by atoms with Crippen LogP contribution in [0.1, 0.15) is 62.4 Å². The van der Waals surface area contributed by atoms with Crippen LogP contribution < -0.4 is 5.32 Å². The van der Waals surface area contributed by atoms with Crippen molar-refractivity contribution in [3.8, 4) is 5.75 Å². The molecule has 1 unspecified atom stereocenters. The highest BCUT2D eigenvalue weighted by atomic mass is 16.6. The summed E-state index contributed by atoms with van der Waals surface area (Å²) in [6.45, 7) is 13.4. The molecule has 2 N–H and O–H groups in total. The van der Waals surface area contributed by atoms with E-state index in [9.17, 15) is 14.7 Å². The van der Waals surface area contributed by atoms with Crippen LogP contribution in [0.5, 0.6) is 5.75 Å². The lowest BCUT2D eigenvalue weighted by atomic mass is 9.54. The second-order valence-corrected chi connectivity index (χ2v) is 12.7. The molecule has 0 aromatic heterocycles. The number of hydrogen-bond acceptors (Lipinski definition) is 4. The SMILES string of the molecule is C=CC[N@@+]1(CC(C)C)CC[C@]2(c3cccc(O)c3)C[C@@H](NC(=O)c3ccc4ccccc4c3)CCC2(OC(C)=O)C1. The van der Waals surface area contributed by atoms with Gasteiger partial charge in [0.25, 0.3) is 5.91 Å².